The predicted octanol–water partition coefficient (Wildman–Crippen LogP) is 2.52. The van der Waals surface area contributed by atoms with Gasteiger partial charge in [-0.15, -0.1) is 0 Å². The molecule has 2 aromatic rings. The third-order valence-electron chi connectivity index (χ3n) is 2.04. The fraction of sp³-hybridized carbons (Fsp3) is 0.0909. The van der Waals surface area contributed by atoms with Crippen molar-refractivity contribution < 1.29 is 4.52 Å². The van der Waals surface area contributed by atoms with Gasteiger partial charge in [0.15, 0.2) is 0 Å². The molecule has 3 heteroatoms. The summed E-state index contributed by atoms with van der Waals surface area (Å²) in [5, 5.41) is 12.4. The van der Waals surface area contributed by atoms with Gasteiger partial charge in [0.25, 0.3) is 0 Å². The van der Waals surface area contributed by atoms with Crippen LogP contribution in [0.25, 0.3) is 11.3 Å². The van der Waals surface area contributed by atoms with E-state index in [1.165, 1.54) is 0 Å². The second-order valence-electron chi connectivity index (χ2n) is 3.00. The van der Waals surface area contributed by atoms with Crippen LogP contribution in [0.4, 0.5) is 0 Å². The number of nitriles is 1. The van der Waals surface area contributed by atoms with E-state index in [9.17, 15) is 0 Å². The van der Waals surface area contributed by atoms with Crippen LogP contribution in [0.5, 0.6) is 0 Å². The van der Waals surface area contributed by atoms with Gasteiger partial charge in [0, 0.05) is 11.6 Å². The van der Waals surface area contributed by atoms with Crippen molar-refractivity contribution in [3.63, 3.8) is 0 Å². The Morgan fingerprint density at radius 2 is 2.14 bits per heavy atom. The molecule has 0 saturated heterocycles. The van der Waals surface area contributed by atoms with Gasteiger partial charge in [-0.2, -0.15) is 5.26 Å². The van der Waals surface area contributed by atoms with E-state index in [1.807, 2.05) is 37.3 Å². The molecule has 0 unspecified atom stereocenters. The third-order valence-corrected chi connectivity index (χ3v) is 2.04. The summed E-state index contributed by atoms with van der Waals surface area (Å²) in [6.45, 7) is 2.00. The molecule has 0 fully saturated rings. The second-order valence-corrected chi connectivity index (χ2v) is 3.00. The first-order chi connectivity index (χ1) is 6.81. The molecule has 0 bridgehead atoms. The summed E-state index contributed by atoms with van der Waals surface area (Å²) in [6.07, 6.45) is 0. The van der Waals surface area contributed by atoms with E-state index in [1.54, 1.807) is 6.07 Å². The van der Waals surface area contributed by atoms with E-state index < -0.39 is 0 Å². The highest BCUT2D eigenvalue weighted by Gasteiger charge is 2.07. The van der Waals surface area contributed by atoms with Crippen molar-refractivity contribution in [3.8, 4) is 17.3 Å². The van der Waals surface area contributed by atoms with E-state index in [2.05, 4.69) is 5.16 Å². The first-order valence-electron chi connectivity index (χ1n) is 4.24. The summed E-state index contributed by atoms with van der Waals surface area (Å²) in [4.78, 5) is 0. The Bertz CT molecular complexity index is 494. The first-order valence-corrected chi connectivity index (χ1v) is 4.24. The van der Waals surface area contributed by atoms with Gasteiger partial charge in [-0.05, 0) is 12.5 Å². The summed E-state index contributed by atoms with van der Waals surface area (Å²) >= 11 is 0. The molecule has 0 radical (unpaired) electrons. The van der Waals surface area contributed by atoms with Gasteiger partial charge in [-0.25, -0.2) is 0 Å². The van der Waals surface area contributed by atoms with Crippen LogP contribution in [-0.2, 0) is 0 Å². The van der Waals surface area contributed by atoms with Crippen molar-refractivity contribution in [1.82, 2.24) is 5.16 Å². The van der Waals surface area contributed by atoms with Crippen molar-refractivity contribution in [1.29, 1.82) is 5.26 Å². The maximum Gasteiger partial charge on any atom is 0.236 e. The van der Waals surface area contributed by atoms with Crippen LogP contribution in [-0.4, -0.2) is 5.16 Å². The number of benzene rings is 1. The smallest absolute Gasteiger partial charge is 0.236 e. The molecule has 14 heavy (non-hydrogen) atoms. The molecule has 68 valence electrons. The molecule has 1 heterocycles. The molecule has 0 aliphatic rings. The van der Waals surface area contributed by atoms with Crippen LogP contribution < -0.4 is 0 Å². The van der Waals surface area contributed by atoms with Crippen LogP contribution in [0.3, 0.4) is 0 Å². The minimum Gasteiger partial charge on any atom is -0.345 e. The molecule has 0 atom stereocenters. The summed E-state index contributed by atoms with van der Waals surface area (Å²) in [5.74, 6) is 0.239. The maximum absolute atomic E-state index is 8.58. The summed E-state index contributed by atoms with van der Waals surface area (Å²) in [6, 6.07) is 11.4. The van der Waals surface area contributed by atoms with Gasteiger partial charge in [0.1, 0.15) is 11.8 Å². The summed E-state index contributed by atoms with van der Waals surface area (Å²) in [7, 11) is 0. The SMILES string of the molecule is Cc1ccccc1-c1cc(C#N)on1. The highest BCUT2D eigenvalue weighted by atomic mass is 16.5. The number of hydrogen-bond acceptors (Lipinski definition) is 3. The fourth-order valence-electron chi connectivity index (χ4n) is 1.32. The van der Waals surface area contributed by atoms with Gasteiger partial charge < -0.3 is 4.52 Å². The van der Waals surface area contributed by atoms with E-state index in [0.717, 1.165) is 11.1 Å². The van der Waals surface area contributed by atoms with Gasteiger partial charge in [-0.3, -0.25) is 0 Å². The molecular weight excluding hydrogens is 176 g/mol. The Balaban J connectivity index is 2.51. The third kappa shape index (κ3) is 1.38. The van der Waals surface area contributed by atoms with Gasteiger partial charge in [-0.1, -0.05) is 29.4 Å². The van der Waals surface area contributed by atoms with Crippen molar-refractivity contribution in [2.24, 2.45) is 0 Å². The fourth-order valence-corrected chi connectivity index (χ4v) is 1.32. The average molecular weight is 184 g/mol. The normalized spacial score (nSPS) is 9.71. The number of aromatic nitrogens is 1. The molecule has 1 aromatic carbocycles. The largest absolute Gasteiger partial charge is 0.345 e. The molecule has 3 nitrogen and oxygen atoms in total. The molecular formula is C11H8N2O. The quantitative estimate of drug-likeness (QED) is 0.684. The zero-order valence-corrected chi connectivity index (χ0v) is 7.69. The average Bonchev–Trinajstić information content (AvgIpc) is 2.67. The highest BCUT2D eigenvalue weighted by Crippen LogP contribution is 2.22. The first kappa shape index (κ1) is 8.52. The lowest BCUT2D eigenvalue weighted by Gasteiger charge is -1.98. The van der Waals surface area contributed by atoms with Crippen molar-refractivity contribution in [2.75, 3.05) is 0 Å². The number of hydrogen-bond donors (Lipinski definition) is 0. The molecule has 2 rings (SSSR count). The molecule has 0 N–H and O–H groups in total. The molecule has 0 aliphatic carbocycles. The summed E-state index contributed by atoms with van der Waals surface area (Å²) in [5.41, 5.74) is 2.82. The second kappa shape index (κ2) is 3.35. The van der Waals surface area contributed by atoms with E-state index in [-0.39, 0.29) is 5.76 Å². The van der Waals surface area contributed by atoms with Crippen LogP contribution in [0.15, 0.2) is 34.9 Å². The lowest BCUT2D eigenvalue weighted by atomic mass is 10.1. The van der Waals surface area contributed by atoms with Crippen molar-refractivity contribution in [2.45, 2.75) is 6.92 Å². The molecule has 1 aromatic heterocycles. The Hall–Kier alpha value is -2.08. The topological polar surface area (TPSA) is 49.8 Å². The van der Waals surface area contributed by atoms with Gasteiger partial charge in [0.05, 0.1) is 0 Å². The van der Waals surface area contributed by atoms with Gasteiger partial charge in [0.2, 0.25) is 5.76 Å². The number of nitrogens with zero attached hydrogens (tertiary/aromatic N) is 2. The van der Waals surface area contributed by atoms with Gasteiger partial charge >= 0.3 is 0 Å². The summed E-state index contributed by atoms with van der Waals surface area (Å²) < 4.78 is 4.81. The monoisotopic (exact) mass is 184 g/mol. The minimum absolute atomic E-state index is 0.239. The van der Waals surface area contributed by atoms with Crippen LogP contribution >= 0.6 is 0 Å². The van der Waals surface area contributed by atoms with E-state index in [0.29, 0.717) is 5.69 Å². The molecule has 0 amide bonds. The minimum atomic E-state index is 0.239. The lowest BCUT2D eigenvalue weighted by molar-refractivity contribution is 0.412. The zero-order valence-electron chi connectivity index (χ0n) is 7.69. The molecule has 0 saturated carbocycles. The Labute approximate surface area is 81.6 Å². The Morgan fingerprint density at radius 3 is 2.79 bits per heavy atom. The van der Waals surface area contributed by atoms with Crippen molar-refractivity contribution >= 4 is 0 Å². The van der Waals surface area contributed by atoms with Crippen molar-refractivity contribution in [3.05, 3.63) is 41.7 Å². The van der Waals surface area contributed by atoms with Crippen LogP contribution in [0.2, 0.25) is 0 Å². The Kier molecular flexibility index (Phi) is 2.04. The molecule has 0 spiro atoms. The van der Waals surface area contributed by atoms with E-state index >= 15 is 0 Å². The van der Waals surface area contributed by atoms with Crippen LogP contribution in [0.1, 0.15) is 11.3 Å². The lowest BCUT2D eigenvalue weighted by Crippen LogP contribution is -1.80. The molecule has 0 aliphatic heterocycles. The van der Waals surface area contributed by atoms with E-state index in [4.69, 9.17) is 9.78 Å². The number of rotatable bonds is 1. The highest BCUT2D eigenvalue weighted by molar-refractivity contribution is 5.63. The number of aryl methyl sites for hydroxylation is 1. The standard InChI is InChI=1S/C11H8N2O/c1-8-4-2-3-5-10(8)11-6-9(7-12)14-13-11/h2-6H,1H3. The maximum atomic E-state index is 8.58. The van der Waals surface area contributed by atoms with Crippen LogP contribution in [0, 0.1) is 18.3 Å². The predicted molar refractivity (Wildman–Crippen MR) is 51.4 cm³/mol. The zero-order chi connectivity index (χ0) is 9.97. The Morgan fingerprint density at radius 1 is 1.36 bits per heavy atom.